The number of unbranched alkanes of at least 4 members (excludes halogenated alkanes) is 25. The molecule has 2 unspecified atom stereocenters. The molecular weight excluding hydrogens is 683 g/mol. The number of ether oxygens (including phenoxy) is 1. The number of rotatable bonds is 42. The number of hydrogen-bond donors (Lipinski definition) is 3. The van der Waals surface area contributed by atoms with Crippen molar-refractivity contribution in [3.63, 3.8) is 0 Å². The Kier molecular flexibility index (Phi) is 42.8. The second kappa shape index (κ2) is 44.5. The predicted molar refractivity (Wildman–Crippen MR) is 236 cm³/mol. The molecule has 0 saturated heterocycles. The average molecular weight is 772 g/mol. The van der Waals surface area contributed by atoms with Crippen LogP contribution in [0.25, 0.3) is 0 Å². The lowest BCUT2D eigenvalue weighted by Gasteiger charge is -2.20. The van der Waals surface area contributed by atoms with E-state index in [1.807, 2.05) is 6.08 Å². The molecule has 55 heavy (non-hydrogen) atoms. The van der Waals surface area contributed by atoms with Crippen molar-refractivity contribution in [2.45, 2.75) is 238 Å². The Balaban J connectivity index is 3.56. The minimum absolute atomic E-state index is 0.0475. The second-order valence-electron chi connectivity index (χ2n) is 15.7. The van der Waals surface area contributed by atoms with Gasteiger partial charge in [-0.15, -0.1) is 0 Å². The SMILES string of the molecule is CCCCCC/C=C\C/C=C\CCCCCCCCCC(=O)OCCCC/C=C\CCCCCCC(=O)NC(CO)C(O)/C=C/CCCCCCCCCC. The van der Waals surface area contributed by atoms with Gasteiger partial charge in [0.15, 0.2) is 0 Å². The zero-order chi connectivity index (χ0) is 40.1. The fourth-order valence-electron chi connectivity index (χ4n) is 6.65. The van der Waals surface area contributed by atoms with Gasteiger partial charge >= 0.3 is 5.97 Å². The maximum atomic E-state index is 12.3. The molecule has 0 heterocycles. The Morgan fingerprint density at radius 2 is 0.909 bits per heavy atom. The quantitative estimate of drug-likeness (QED) is 0.0326. The van der Waals surface area contributed by atoms with Crippen molar-refractivity contribution >= 4 is 11.9 Å². The minimum Gasteiger partial charge on any atom is -0.466 e. The standard InChI is InChI=1S/C49H89NO5/c1-3-5-7-9-11-13-15-16-17-18-19-20-21-22-27-31-35-39-43-49(54)55-44-40-36-32-28-24-23-26-30-34-38-42-48(53)50-46(45-51)47(52)41-37-33-29-25-14-12-10-8-6-4-2/h13,15,17-18,24,28,37,41,46-47,51-52H,3-12,14,16,19-23,25-27,29-36,38-40,42-45H2,1-2H3,(H,50,53)/b15-13-,18-17-,28-24-,41-37+. The van der Waals surface area contributed by atoms with Crippen molar-refractivity contribution in [1.29, 1.82) is 0 Å². The van der Waals surface area contributed by atoms with Crippen LogP contribution in [0.5, 0.6) is 0 Å². The minimum atomic E-state index is -0.865. The molecule has 0 aromatic rings. The molecule has 0 aromatic heterocycles. The average Bonchev–Trinajstić information content (AvgIpc) is 3.18. The van der Waals surface area contributed by atoms with Gasteiger partial charge in [0.1, 0.15) is 0 Å². The molecule has 0 aromatic carbocycles. The van der Waals surface area contributed by atoms with Gasteiger partial charge < -0.3 is 20.3 Å². The van der Waals surface area contributed by atoms with E-state index in [4.69, 9.17) is 4.74 Å². The monoisotopic (exact) mass is 772 g/mol. The van der Waals surface area contributed by atoms with E-state index < -0.39 is 12.1 Å². The maximum absolute atomic E-state index is 12.3. The van der Waals surface area contributed by atoms with E-state index in [0.717, 1.165) is 83.5 Å². The summed E-state index contributed by atoms with van der Waals surface area (Å²) >= 11 is 0. The molecule has 1 amide bonds. The summed E-state index contributed by atoms with van der Waals surface area (Å²) in [6, 6.07) is -0.653. The third-order valence-electron chi connectivity index (χ3n) is 10.3. The van der Waals surface area contributed by atoms with Crippen LogP contribution in [0.1, 0.15) is 226 Å². The van der Waals surface area contributed by atoms with Crippen LogP contribution >= 0.6 is 0 Å². The number of aliphatic hydroxyl groups is 2. The Hall–Kier alpha value is -2.18. The van der Waals surface area contributed by atoms with Crippen molar-refractivity contribution in [3.05, 3.63) is 48.6 Å². The van der Waals surface area contributed by atoms with Crippen molar-refractivity contribution in [3.8, 4) is 0 Å². The molecule has 0 radical (unpaired) electrons. The summed E-state index contributed by atoms with van der Waals surface area (Å²) < 4.78 is 5.43. The molecule has 0 bridgehead atoms. The fraction of sp³-hybridized carbons (Fsp3) is 0.796. The Morgan fingerprint density at radius 3 is 1.42 bits per heavy atom. The molecule has 0 aliphatic rings. The van der Waals surface area contributed by atoms with Crippen LogP contribution in [0.3, 0.4) is 0 Å². The number of esters is 1. The molecule has 0 spiro atoms. The highest BCUT2D eigenvalue weighted by atomic mass is 16.5. The third kappa shape index (κ3) is 41.3. The fourth-order valence-corrected chi connectivity index (χ4v) is 6.65. The second-order valence-corrected chi connectivity index (χ2v) is 15.7. The largest absolute Gasteiger partial charge is 0.466 e. The molecule has 320 valence electrons. The summed E-state index contributed by atoms with van der Waals surface area (Å²) in [5.74, 6) is -0.156. The van der Waals surface area contributed by atoms with E-state index in [1.54, 1.807) is 6.08 Å². The molecule has 0 fully saturated rings. The van der Waals surface area contributed by atoms with Crippen LogP contribution in [-0.4, -0.2) is 47.4 Å². The molecule has 0 rings (SSSR count). The lowest BCUT2D eigenvalue weighted by Crippen LogP contribution is -2.45. The van der Waals surface area contributed by atoms with Gasteiger partial charge in [-0.1, -0.05) is 172 Å². The number of nitrogens with one attached hydrogen (secondary N) is 1. The maximum Gasteiger partial charge on any atom is 0.305 e. The van der Waals surface area contributed by atoms with E-state index in [0.29, 0.717) is 19.4 Å². The number of carbonyl (C=O) groups excluding carboxylic acids is 2. The highest BCUT2D eigenvalue weighted by molar-refractivity contribution is 5.76. The van der Waals surface area contributed by atoms with Gasteiger partial charge in [0.05, 0.1) is 25.4 Å². The lowest BCUT2D eigenvalue weighted by molar-refractivity contribution is -0.143. The van der Waals surface area contributed by atoms with Crippen molar-refractivity contribution < 1.29 is 24.5 Å². The van der Waals surface area contributed by atoms with Gasteiger partial charge in [-0.3, -0.25) is 9.59 Å². The number of allylic oxidation sites excluding steroid dienone is 7. The van der Waals surface area contributed by atoms with Gasteiger partial charge in [0.25, 0.3) is 0 Å². The molecule has 0 saturated carbocycles. The smallest absolute Gasteiger partial charge is 0.305 e. The first-order valence-corrected chi connectivity index (χ1v) is 23.4. The molecule has 6 heteroatoms. The van der Waals surface area contributed by atoms with Gasteiger partial charge in [0, 0.05) is 12.8 Å². The van der Waals surface area contributed by atoms with E-state index in [2.05, 4.69) is 55.6 Å². The first-order chi connectivity index (χ1) is 27.0. The van der Waals surface area contributed by atoms with Crippen LogP contribution in [-0.2, 0) is 14.3 Å². The Bertz CT molecular complexity index is 942. The number of amides is 1. The molecule has 0 aliphatic carbocycles. The normalized spacial score (nSPS) is 13.2. The Labute approximate surface area is 340 Å². The van der Waals surface area contributed by atoms with Crippen LogP contribution in [0.15, 0.2) is 48.6 Å². The molecule has 3 N–H and O–H groups in total. The molecule has 2 atom stereocenters. The highest BCUT2D eigenvalue weighted by Gasteiger charge is 2.18. The van der Waals surface area contributed by atoms with Crippen LogP contribution < -0.4 is 5.32 Å². The number of aliphatic hydroxyl groups excluding tert-OH is 2. The summed E-state index contributed by atoms with van der Waals surface area (Å²) in [5.41, 5.74) is 0. The van der Waals surface area contributed by atoms with E-state index >= 15 is 0 Å². The first-order valence-electron chi connectivity index (χ1n) is 23.4. The van der Waals surface area contributed by atoms with Crippen molar-refractivity contribution in [2.75, 3.05) is 13.2 Å². The summed E-state index contributed by atoms with van der Waals surface area (Å²) in [4.78, 5) is 24.4. The molecular formula is C49H89NO5. The number of hydrogen-bond acceptors (Lipinski definition) is 5. The predicted octanol–water partition coefficient (Wildman–Crippen LogP) is 13.5. The van der Waals surface area contributed by atoms with Gasteiger partial charge in [0.2, 0.25) is 5.91 Å². The van der Waals surface area contributed by atoms with Crippen molar-refractivity contribution in [2.24, 2.45) is 0 Å². The summed E-state index contributed by atoms with van der Waals surface area (Å²) in [5, 5.41) is 22.9. The summed E-state index contributed by atoms with van der Waals surface area (Å²) in [6.45, 7) is 4.75. The Morgan fingerprint density at radius 1 is 0.509 bits per heavy atom. The van der Waals surface area contributed by atoms with Gasteiger partial charge in [-0.25, -0.2) is 0 Å². The summed E-state index contributed by atoms with van der Waals surface area (Å²) in [6.07, 6.45) is 53.9. The van der Waals surface area contributed by atoms with Gasteiger partial charge in [-0.2, -0.15) is 0 Å². The van der Waals surface area contributed by atoms with Crippen LogP contribution in [0.4, 0.5) is 0 Å². The first kappa shape index (κ1) is 52.8. The van der Waals surface area contributed by atoms with Crippen LogP contribution in [0, 0.1) is 0 Å². The van der Waals surface area contributed by atoms with Crippen LogP contribution in [0.2, 0.25) is 0 Å². The van der Waals surface area contributed by atoms with E-state index in [9.17, 15) is 19.8 Å². The summed E-state index contributed by atoms with van der Waals surface area (Å²) in [7, 11) is 0. The van der Waals surface area contributed by atoms with Gasteiger partial charge in [-0.05, 0) is 89.9 Å². The highest BCUT2D eigenvalue weighted by Crippen LogP contribution is 2.13. The zero-order valence-electron chi connectivity index (χ0n) is 36.1. The molecule has 6 nitrogen and oxygen atoms in total. The number of carbonyl (C=O) groups is 2. The van der Waals surface area contributed by atoms with E-state index in [-0.39, 0.29) is 18.5 Å². The van der Waals surface area contributed by atoms with E-state index in [1.165, 1.54) is 116 Å². The topological polar surface area (TPSA) is 95.9 Å². The zero-order valence-corrected chi connectivity index (χ0v) is 36.1. The third-order valence-corrected chi connectivity index (χ3v) is 10.3. The molecule has 0 aliphatic heterocycles. The lowest BCUT2D eigenvalue weighted by atomic mass is 10.1. The van der Waals surface area contributed by atoms with Crippen molar-refractivity contribution in [1.82, 2.24) is 5.32 Å².